The number of aromatic nitrogens is 2. The van der Waals surface area contributed by atoms with Crippen LogP contribution in [0.4, 0.5) is 5.95 Å². The summed E-state index contributed by atoms with van der Waals surface area (Å²) in [5.74, 6) is 1.18. The van der Waals surface area contributed by atoms with Crippen molar-refractivity contribution in [2.75, 3.05) is 63.8 Å². The van der Waals surface area contributed by atoms with E-state index in [1.165, 1.54) is 18.4 Å². The van der Waals surface area contributed by atoms with Crippen LogP contribution in [0.3, 0.4) is 0 Å². The van der Waals surface area contributed by atoms with Gasteiger partial charge in [-0.1, -0.05) is 37.3 Å². The second-order valence-electron chi connectivity index (χ2n) is 9.63. The maximum atomic E-state index is 13.7. The first-order valence-corrected chi connectivity index (χ1v) is 12.6. The number of likely N-dealkylation sites (N-methyl/N-ethyl adjacent to an activating group) is 1. The van der Waals surface area contributed by atoms with Gasteiger partial charge in [-0.15, -0.1) is 0 Å². The number of likely N-dealkylation sites (tertiary alicyclic amines) is 1. The lowest BCUT2D eigenvalue weighted by Crippen LogP contribution is -2.51. The summed E-state index contributed by atoms with van der Waals surface area (Å²) in [5.41, 5.74) is 2.31. The highest BCUT2D eigenvalue weighted by Gasteiger charge is 2.41. The van der Waals surface area contributed by atoms with Crippen molar-refractivity contribution >= 4 is 11.9 Å². The third-order valence-corrected chi connectivity index (χ3v) is 7.53. The van der Waals surface area contributed by atoms with Gasteiger partial charge in [0.05, 0.1) is 11.6 Å². The molecule has 0 unspecified atom stereocenters. The Bertz CT molecular complexity index is 923. The van der Waals surface area contributed by atoms with E-state index in [9.17, 15) is 4.79 Å². The van der Waals surface area contributed by atoms with Crippen LogP contribution in [-0.2, 0) is 11.3 Å². The van der Waals surface area contributed by atoms with Crippen LogP contribution in [0.5, 0.6) is 0 Å². The molecule has 2 atom stereocenters. The minimum Gasteiger partial charge on any atom is -0.341 e. The lowest BCUT2D eigenvalue weighted by Gasteiger charge is -2.36. The zero-order valence-corrected chi connectivity index (χ0v) is 19.8. The highest BCUT2D eigenvalue weighted by Crippen LogP contribution is 2.35. The Hall–Kier alpha value is -2.51. The zero-order chi connectivity index (χ0) is 22.6. The molecule has 5 rings (SSSR count). The number of piperazine rings is 1. The fourth-order valence-electron chi connectivity index (χ4n) is 5.56. The van der Waals surface area contributed by atoms with Crippen LogP contribution >= 0.6 is 0 Å². The summed E-state index contributed by atoms with van der Waals surface area (Å²) in [6, 6.07) is 12.6. The van der Waals surface area contributed by atoms with Gasteiger partial charge in [0.1, 0.15) is 0 Å². The van der Waals surface area contributed by atoms with Gasteiger partial charge in [-0.3, -0.25) is 9.69 Å². The Morgan fingerprint density at radius 3 is 2.42 bits per heavy atom. The first-order chi connectivity index (χ1) is 16.2. The summed E-state index contributed by atoms with van der Waals surface area (Å²) in [4.78, 5) is 32.5. The van der Waals surface area contributed by atoms with Crippen LogP contribution in [0.25, 0.3) is 0 Å². The minimum absolute atomic E-state index is 0.0526. The van der Waals surface area contributed by atoms with E-state index in [1.807, 2.05) is 12.3 Å². The highest BCUT2D eigenvalue weighted by molar-refractivity contribution is 5.80. The van der Waals surface area contributed by atoms with Gasteiger partial charge in [0, 0.05) is 71.0 Å². The molecule has 7 nitrogen and oxygen atoms in total. The summed E-state index contributed by atoms with van der Waals surface area (Å²) in [5, 5.41) is 0. The number of carbonyl (C=O) groups is 1. The van der Waals surface area contributed by atoms with E-state index >= 15 is 0 Å². The van der Waals surface area contributed by atoms with Gasteiger partial charge < -0.3 is 14.7 Å². The summed E-state index contributed by atoms with van der Waals surface area (Å²) < 4.78 is 0. The Morgan fingerprint density at radius 1 is 0.939 bits per heavy atom. The molecule has 1 aromatic heterocycles. The van der Waals surface area contributed by atoms with Crippen LogP contribution in [0, 0.1) is 5.92 Å². The summed E-state index contributed by atoms with van der Waals surface area (Å²) >= 11 is 0. The van der Waals surface area contributed by atoms with Gasteiger partial charge in [0.25, 0.3) is 0 Å². The highest BCUT2D eigenvalue weighted by atomic mass is 16.2. The molecule has 4 heterocycles. The van der Waals surface area contributed by atoms with E-state index in [0.29, 0.717) is 5.91 Å². The first kappa shape index (κ1) is 22.3. The molecule has 1 amide bonds. The summed E-state index contributed by atoms with van der Waals surface area (Å²) in [7, 11) is 0. The van der Waals surface area contributed by atoms with Crippen molar-refractivity contribution in [3.8, 4) is 0 Å². The van der Waals surface area contributed by atoms with Crippen molar-refractivity contribution in [2.24, 2.45) is 5.92 Å². The number of nitrogens with zero attached hydrogens (tertiary/aromatic N) is 6. The summed E-state index contributed by atoms with van der Waals surface area (Å²) in [6.07, 6.45) is 4.29. The van der Waals surface area contributed by atoms with Crippen LogP contribution in [-0.4, -0.2) is 89.5 Å². The lowest BCUT2D eigenvalue weighted by molar-refractivity contribution is -0.137. The molecule has 1 aromatic carbocycles. The quantitative estimate of drug-likeness (QED) is 0.677. The van der Waals surface area contributed by atoms with Crippen molar-refractivity contribution in [1.82, 2.24) is 24.7 Å². The number of amides is 1. The molecule has 0 bridgehead atoms. The van der Waals surface area contributed by atoms with Gasteiger partial charge in [-0.2, -0.15) is 0 Å². The van der Waals surface area contributed by atoms with Crippen LogP contribution in [0.15, 0.2) is 42.6 Å². The maximum absolute atomic E-state index is 13.7. The molecule has 3 fully saturated rings. The van der Waals surface area contributed by atoms with E-state index in [-0.39, 0.29) is 11.8 Å². The predicted octanol–water partition coefficient (Wildman–Crippen LogP) is 2.46. The number of hydrogen-bond donors (Lipinski definition) is 0. The number of carbonyl (C=O) groups excluding carboxylic acids is 1. The normalized spacial score (nSPS) is 24.5. The Kier molecular flexibility index (Phi) is 6.88. The van der Waals surface area contributed by atoms with Crippen LogP contribution < -0.4 is 4.90 Å². The monoisotopic (exact) mass is 448 g/mol. The van der Waals surface area contributed by atoms with E-state index in [0.717, 1.165) is 77.1 Å². The third-order valence-electron chi connectivity index (χ3n) is 7.53. The molecule has 3 saturated heterocycles. The fraction of sp³-hybridized carbons (Fsp3) is 0.577. The van der Waals surface area contributed by atoms with Gasteiger partial charge in [-0.05, 0) is 31.0 Å². The predicted molar refractivity (Wildman–Crippen MR) is 130 cm³/mol. The maximum Gasteiger partial charge on any atom is 0.227 e. The van der Waals surface area contributed by atoms with Crippen LogP contribution in [0.2, 0.25) is 0 Å². The molecule has 2 aromatic rings. The largest absolute Gasteiger partial charge is 0.341 e. The first-order valence-electron chi connectivity index (χ1n) is 12.6. The van der Waals surface area contributed by atoms with Crippen molar-refractivity contribution < 1.29 is 4.79 Å². The second kappa shape index (κ2) is 10.2. The Labute approximate surface area is 197 Å². The van der Waals surface area contributed by atoms with Crippen molar-refractivity contribution in [1.29, 1.82) is 0 Å². The standard InChI is InChI=1S/C26H36N6O/c1-2-29-14-16-31(17-15-29)25(33)23-20-30(18-21-8-4-3-5-9-21)19-22(23)24-10-11-27-26(28-24)32-12-6-7-13-32/h3-5,8-11,22-23H,2,6-7,12-20H2,1H3/t22-,23-/m0/s1. The topological polar surface area (TPSA) is 55.8 Å². The van der Waals surface area contributed by atoms with Gasteiger partial charge >= 0.3 is 0 Å². The molecule has 7 heteroatoms. The molecule has 0 radical (unpaired) electrons. The number of rotatable bonds is 6. The summed E-state index contributed by atoms with van der Waals surface area (Å²) in [6.45, 7) is 11.4. The molecule has 0 aliphatic carbocycles. The van der Waals surface area contributed by atoms with E-state index in [4.69, 9.17) is 4.98 Å². The van der Waals surface area contributed by atoms with Crippen molar-refractivity contribution in [2.45, 2.75) is 32.2 Å². The second-order valence-corrected chi connectivity index (χ2v) is 9.63. The molecule has 33 heavy (non-hydrogen) atoms. The molecule has 3 aliphatic heterocycles. The molecule has 0 spiro atoms. The van der Waals surface area contributed by atoms with Crippen molar-refractivity contribution in [3.63, 3.8) is 0 Å². The van der Waals surface area contributed by atoms with E-state index < -0.39 is 0 Å². The molecule has 176 valence electrons. The molecular weight excluding hydrogens is 412 g/mol. The van der Waals surface area contributed by atoms with E-state index in [1.54, 1.807) is 0 Å². The van der Waals surface area contributed by atoms with Gasteiger partial charge in [-0.25, -0.2) is 9.97 Å². The number of benzene rings is 1. The van der Waals surface area contributed by atoms with Crippen molar-refractivity contribution in [3.05, 3.63) is 53.9 Å². The lowest BCUT2D eigenvalue weighted by atomic mass is 9.91. The zero-order valence-electron chi connectivity index (χ0n) is 19.8. The van der Waals surface area contributed by atoms with Gasteiger partial charge in [0.15, 0.2) is 0 Å². The minimum atomic E-state index is -0.0526. The fourth-order valence-corrected chi connectivity index (χ4v) is 5.56. The smallest absolute Gasteiger partial charge is 0.227 e. The van der Waals surface area contributed by atoms with Crippen LogP contribution in [0.1, 0.15) is 36.9 Å². The number of hydrogen-bond acceptors (Lipinski definition) is 6. The molecule has 3 aliphatic rings. The number of anilines is 1. The Balaban J connectivity index is 1.37. The SMILES string of the molecule is CCN1CCN(C(=O)[C@H]2CN(Cc3ccccc3)C[C@@H]2c2ccnc(N3CCCC3)n2)CC1. The van der Waals surface area contributed by atoms with Gasteiger partial charge in [0.2, 0.25) is 11.9 Å². The molecule has 0 saturated carbocycles. The molecule has 0 N–H and O–H groups in total. The molecular formula is C26H36N6O. The average molecular weight is 449 g/mol. The average Bonchev–Trinajstić information content (AvgIpc) is 3.55. The Morgan fingerprint density at radius 2 is 1.70 bits per heavy atom. The third kappa shape index (κ3) is 5.04. The van der Waals surface area contributed by atoms with E-state index in [2.05, 4.69) is 61.8 Å².